The summed E-state index contributed by atoms with van der Waals surface area (Å²) in [7, 11) is 0. The number of carbonyl (C=O) groups excluding carboxylic acids is 1. The highest BCUT2D eigenvalue weighted by Crippen LogP contribution is 2.32. The molecule has 4 rings (SSSR count). The smallest absolute Gasteiger partial charge is 0.277 e. The number of nitrogens with one attached hydrogen (secondary N) is 1. The van der Waals surface area contributed by atoms with Gasteiger partial charge in [-0.05, 0) is 38.1 Å². The van der Waals surface area contributed by atoms with Crippen LogP contribution in [0.4, 0.5) is 5.69 Å². The molecule has 1 aromatic heterocycles. The molecule has 0 radical (unpaired) electrons. The third kappa shape index (κ3) is 4.89. The number of fused-ring (bicyclic) bond motifs is 1. The molecule has 0 fully saturated rings. The SMILES string of the molecule is Cc1cc(C)cc(-c2nnc(SCC(=O)Nc3ccc4c(c3)OCCCO4)o2)c1. The van der Waals surface area contributed by atoms with E-state index in [1.807, 2.05) is 26.0 Å². The van der Waals surface area contributed by atoms with Gasteiger partial charge in [-0.3, -0.25) is 4.79 Å². The van der Waals surface area contributed by atoms with Gasteiger partial charge >= 0.3 is 0 Å². The normalized spacial score (nSPS) is 13.0. The van der Waals surface area contributed by atoms with Crippen LogP contribution in [0.15, 0.2) is 46.0 Å². The molecule has 0 bridgehead atoms. The number of rotatable bonds is 5. The fourth-order valence-corrected chi connectivity index (χ4v) is 3.61. The minimum absolute atomic E-state index is 0.156. The maximum Gasteiger partial charge on any atom is 0.277 e. The molecule has 1 N–H and O–H groups in total. The second kappa shape index (κ2) is 8.57. The minimum Gasteiger partial charge on any atom is -0.490 e. The lowest BCUT2D eigenvalue weighted by atomic mass is 10.1. The Morgan fingerprint density at radius 3 is 2.59 bits per heavy atom. The van der Waals surface area contributed by atoms with Gasteiger partial charge in [-0.25, -0.2) is 0 Å². The number of aromatic nitrogens is 2. The first kappa shape index (κ1) is 19.3. The van der Waals surface area contributed by atoms with Crippen molar-refractivity contribution in [3.05, 3.63) is 47.5 Å². The molecule has 0 spiro atoms. The molecule has 1 aliphatic rings. The molecule has 7 nitrogen and oxygen atoms in total. The van der Waals surface area contributed by atoms with E-state index < -0.39 is 0 Å². The molecule has 8 heteroatoms. The Morgan fingerprint density at radius 2 is 1.79 bits per heavy atom. The fourth-order valence-electron chi connectivity index (χ4n) is 3.05. The molecule has 29 heavy (non-hydrogen) atoms. The number of amides is 1. The highest BCUT2D eigenvalue weighted by Gasteiger charge is 2.14. The number of benzene rings is 2. The Kier molecular flexibility index (Phi) is 5.71. The standard InChI is InChI=1S/C21H21N3O4S/c1-13-8-14(2)10-15(9-13)20-23-24-21(28-20)29-12-19(25)22-16-4-5-17-18(11-16)27-7-3-6-26-17/h4-5,8-11H,3,6-7,12H2,1-2H3,(H,22,25). The number of carbonyl (C=O) groups is 1. The Bertz CT molecular complexity index is 1010. The summed E-state index contributed by atoms with van der Waals surface area (Å²) in [5.74, 6) is 1.77. The molecule has 1 amide bonds. The molecule has 2 heterocycles. The number of nitrogens with zero attached hydrogens (tertiary/aromatic N) is 2. The van der Waals surface area contributed by atoms with E-state index in [-0.39, 0.29) is 11.7 Å². The quantitative estimate of drug-likeness (QED) is 0.628. The van der Waals surface area contributed by atoms with Gasteiger partial charge in [0, 0.05) is 23.7 Å². The third-order valence-electron chi connectivity index (χ3n) is 4.23. The van der Waals surface area contributed by atoms with E-state index in [0.29, 0.717) is 41.5 Å². The van der Waals surface area contributed by atoms with Gasteiger partial charge in [0.2, 0.25) is 11.8 Å². The fraction of sp³-hybridized carbons (Fsp3) is 0.286. The Hall–Kier alpha value is -3.00. The van der Waals surface area contributed by atoms with Crippen molar-refractivity contribution < 1.29 is 18.7 Å². The van der Waals surface area contributed by atoms with Gasteiger partial charge in [-0.15, -0.1) is 10.2 Å². The van der Waals surface area contributed by atoms with Crippen molar-refractivity contribution >= 4 is 23.4 Å². The van der Waals surface area contributed by atoms with Gasteiger partial charge in [0.15, 0.2) is 11.5 Å². The summed E-state index contributed by atoms with van der Waals surface area (Å²) in [4.78, 5) is 12.3. The van der Waals surface area contributed by atoms with Gasteiger partial charge in [0.25, 0.3) is 5.22 Å². The topological polar surface area (TPSA) is 86.5 Å². The summed E-state index contributed by atoms with van der Waals surface area (Å²) >= 11 is 1.20. The molecule has 0 saturated heterocycles. The van der Waals surface area contributed by atoms with Crippen molar-refractivity contribution in [1.82, 2.24) is 10.2 Å². The van der Waals surface area contributed by atoms with Crippen molar-refractivity contribution in [2.45, 2.75) is 25.5 Å². The zero-order chi connectivity index (χ0) is 20.2. The summed E-state index contributed by atoms with van der Waals surface area (Å²) in [5.41, 5.74) is 3.78. The van der Waals surface area contributed by atoms with Gasteiger partial charge in [0.1, 0.15) is 0 Å². The van der Waals surface area contributed by atoms with E-state index in [2.05, 4.69) is 21.6 Å². The Labute approximate surface area is 172 Å². The lowest BCUT2D eigenvalue weighted by molar-refractivity contribution is -0.113. The van der Waals surface area contributed by atoms with E-state index in [4.69, 9.17) is 13.9 Å². The first-order valence-electron chi connectivity index (χ1n) is 9.31. The molecule has 1 aliphatic heterocycles. The first-order chi connectivity index (χ1) is 14.1. The van der Waals surface area contributed by atoms with Crippen molar-refractivity contribution in [2.24, 2.45) is 0 Å². The second-order valence-electron chi connectivity index (χ2n) is 6.80. The lowest BCUT2D eigenvalue weighted by Crippen LogP contribution is -2.14. The molecule has 2 aromatic carbocycles. The summed E-state index contributed by atoms with van der Waals surface area (Å²) in [5, 5.41) is 11.3. The zero-order valence-electron chi connectivity index (χ0n) is 16.2. The van der Waals surface area contributed by atoms with E-state index in [9.17, 15) is 4.79 Å². The van der Waals surface area contributed by atoms with E-state index in [1.165, 1.54) is 11.8 Å². The third-order valence-corrected chi connectivity index (χ3v) is 5.05. The minimum atomic E-state index is -0.171. The lowest BCUT2D eigenvalue weighted by Gasteiger charge is -2.10. The molecular formula is C21H21N3O4S. The van der Waals surface area contributed by atoms with Crippen molar-refractivity contribution in [1.29, 1.82) is 0 Å². The number of aryl methyl sites for hydroxylation is 2. The summed E-state index contributed by atoms with van der Waals surface area (Å²) in [6.07, 6.45) is 0.835. The van der Waals surface area contributed by atoms with Gasteiger partial charge in [0.05, 0.1) is 19.0 Å². The molecule has 150 valence electrons. The number of hydrogen-bond donors (Lipinski definition) is 1. The molecule has 0 atom stereocenters. The molecule has 0 saturated carbocycles. The maximum absolute atomic E-state index is 12.3. The number of thioether (sulfide) groups is 1. The summed E-state index contributed by atoms with van der Waals surface area (Å²) in [6, 6.07) is 11.4. The van der Waals surface area contributed by atoms with E-state index in [0.717, 1.165) is 23.1 Å². The van der Waals surface area contributed by atoms with Crippen LogP contribution in [-0.4, -0.2) is 35.1 Å². The number of ether oxygens (including phenoxy) is 2. The zero-order valence-corrected chi connectivity index (χ0v) is 17.0. The van der Waals surface area contributed by atoms with Crippen LogP contribution in [0.5, 0.6) is 11.5 Å². The van der Waals surface area contributed by atoms with E-state index in [1.54, 1.807) is 18.2 Å². The van der Waals surface area contributed by atoms with Crippen LogP contribution in [0.3, 0.4) is 0 Å². The van der Waals surface area contributed by atoms with Crippen LogP contribution in [0.1, 0.15) is 17.5 Å². The number of hydrogen-bond acceptors (Lipinski definition) is 7. The van der Waals surface area contributed by atoms with Crippen LogP contribution in [-0.2, 0) is 4.79 Å². The molecule has 0 aliphatic carbocycles. The van der Waals surface area contributed by atoms with Crippen LogP contribution < -0.4 is 14.8 Å². The van der Waals surface area contributed by atoms with E-state index >= 15 is 0 Å². The predicted molar refractivity (Wildman–Crippen MR) is 111 cm³/mol. The van der Waals surface area contributed by atoms with Crippen LogP contribution >= 0.6 is 11.8 Å². The largest absolute Gasteiger partial charge is 0.490 e. The van der Waals surface area contributed by atoms with Crippen molar-refractivity contribution in [3.8, 4) is 23.0 Å². The van der Waals surface area contributed by atoms with Gasteiger partial charge in [-0.1, -0.05) is 29.0 Å². The van der Waals surface area contributed by atoms with Gasteiger partial charge < -0.3 is 19.2 Å². The Morgan fingerprint density at radius 1 is 1.03 bits per heavy atom. The number of anilines is 1. The highest BCUT2D eigenvalue weighted by atomic mass is 32.2. The van der Waals surface area contributed by atoms with Crippen LogP contribution in [0.2, 0.25) is 0 Å². The highest BCUT2D eigenvalue weighted by molar-refractivity contribution is 7.99. The maximum atomic E-state index is 12.3. The molecular weight excluding hydrogens is 390 g/mol. The summed E-state index contributed by atoms with van der Waals surface area (Å²) in [6.45, 7) is 5.27. The van der Waals surface area contributed by atoms with Crippen molar-refractivity contribution in [2.75, 3.05) is 24.3 Å². The molecule has 0 unspecified atom stereocenters. The van der Waals surface area contributed by atoms with Crippen LogP contribution in [0, 0.1) is 13.8 Å². The van der Waals surface area contributed by atoms with Crippen molar-refractivity contribution in [3.63, 3.8) is 0 Å². The monoisotopic (exact) mass is 411 g/mol. The Balaban J connectivity index is 1.35. The average molecular weight is 411 g/mol. The summed E-state index contributed by atoms with van der Waals surface area (Å²) < 4.78 is 16.9. The predicted octanol–water partition coefficient (Wildman–Crippen LogP) is 4.25. The van der Waals surface area contributed by atoms with Gasteiger partial charge in [-0.2, -0.15) is 0 Å². The molecule has 3 aromatic rings. The average Bonchev–Trinajstić information content (AvgIpc) is 3.04. The first-order valence-corrected chi connectivity index (χ1v) is 10.3. The van der Waals surface area contributed by atoms with Crippen LogP contribution in [0.25, 0.3) is 11.5 Å². The second-order valence-corrected chi connectivity index (χ2v) is 7.72.